The van der Waals surface area contributed by atoms with E-state index in [0.717, 1.165) is 5.56 Å². The molecule has 1 aliphatic rings. The summed E-state index contributed by atoms with van der Waals surface area (Å²) in [4.78, 5) is 25.7. The summed E-state index contributed by atoms with van der Waals surface area (Å²) in [5.41, 5.74) is 1.71. The molecule has 1 N–H and O–H groups in total. The first kappa shape index (κ1) is 16.1. The largest absolute Gasteiger partial charge is 0.458 e. The maximum atomic E-state index is 12.3. The summed E-state index contributed by atoms with van der Waals surface area (Å²) >= 11 is 5.89. The Morgan fingerprint density at radius 1 is 1.45 bits per heavy atom. The van der Waals surface area contributed by atoms with Gasteiger partial charge in [-0.15, -0.1) is 0 Å². The third-order valence-electron chi connectivity index (χ3n) is 3.51. The normalized spacial score (nSPS) is 18.0. The van der Waals surface area contributed by atoms with Crippen LogP contribution in [0.5, 0.6) is 0 Å². The smallest absolute Gasteiger partial charge is 0.338 e. The van der Waals surface area contributed by atoms with E-state index in [4.69, 9.17) is 16.3 Å². The quantitative estimate of drug-likeness (QED) is 0.685. The minimum atomic E-state index is -0.571. The van der Waals surface area contributed by atoms with Gasteiger partial charge in [-0.2, -0.15) is 0 Å². The van der Waals surface area contributed by atoms with Crippen LogP contribution in [0.3, 0.4) is 0 Å². The van der Waals surface area contributed by atoms with Gasteiger partial charge in [0.05, 0.1) is 11.6 Å². The van der Waals surface area contributed by atoms with Crippen molar-refractivity contribution in [3.05, 3.63) is 58.8 Å². The standard InChI is InChI=1S/C16H17ClN2O3/c1-4-9-22-15(20)13-10(2)19(3)16(21)18-14(13)11-5-7-12(17)8-6-11/h4-8,14H,1,9H2,2-3H3,(H,18,21). The average Bonchev–Trinajstić information content (AvgIpc) is 2.50. The minimum Gasteiger partial charge on any atom is -0.458 e. The highest BCUT2D eigenvalue weighted by atomic mass is 35.5. The Balaban J connectivity index is 2.44. The topological polar surface area (TPSA) is 58.6 Å². The molecule has 0 bridgehead atoms. The number of rotatable bonds is 4. The summed E-state index contributed by atoms with van der Waals surface area (Å²) in [6.45, 7) is 5.35. The van der Waals surface area contributed by atoms with E-state index < -0.39 is 12.0 Å². The van der Waals surface area contributed by atoms with Crippen LogP contribution < -0.4 is 5.32 Å². The molecule has 1 aliphatic heterocycles. The molecule has 1 atom stereocenters. The van der Waals surface area contributed by atoms with Gasteiger partial charge in [0.25, 0.3) is 0 Å². The minimum absolute atomic E-state index is 0.112. The number of esters is 1. The molecule has 0 aliphatic carbocycles. The number of amides is 2. The van der Waals surface area contributed by atoms with Gasteiger partial charge in [-0.3, -0.25) is 0 Å². The van der Waals surface area contributed by atoms with E-state index in [0.29, 0.717) is 16.3 Å². The van der Waals surface area contributed by atoms with Crippen LogP contribution in [0, 0.1) is 0 Å². The highest BCUT2D eigenvalue weighted by Gasteiger charge is 2.34. The van der Waals surface area contributed by atoms with E-state index >= 15 is 0 Å². The van der Waals surface area contributed by atoms with Crippen molar-refractivity contribution in [3.8, 4) is 0 Å². The molecule has 22 heavy (non-hydrogen) atoms. The van der Waals surface area contributed by atoms with E-state index in [-0.39, 0.29) is 12.6 Å². The zero-order chi connectivity index (χ0) is 16.3. The van der Waals surface area contributed by atoms with E-state index in [1.807, 2.05) is 0 Å². The number of allylic oxidation sites excluding steroid dienone is 1. The zero-order valence-electron chi connectivity index (χ0n) is 12.4. The van der Waals surface area contributed by atoms with E-state index in [1.54, 1.807) is 38.2 Å². The van der Waals surface area contributed by atoms with Crippen LogP contribution >= 0.6 is 11.6 Å². The lowest BCUT2D eigenvalue weighted by atomic mass is 9.95. The van der Waals surface area contributed by atoms with Gasteiger partial charge in [-0.25, -0.2) is 9.59 Å². The predicted octanol–water partition coefficient (Wildman–Crippen LogP) is 3.04. The van der Waals surface area contributed by atoms with Gasteiger partial charge in [0, 0.05) is 17.8 Å². The van der Waals surface area contributed by atoms with Crippen LogP contribution in [0.25, 0.3) is 0 Å². The second-order valence-electron chi connectivity index (χ2n) is 4.88. The van der Waals surface area contributed by atoms with Gasteiger partial charge < -0.3 is 15.0 Å². The second kappa shape index (κ2) is 6.66. The molecule has 1 heterocycles. The monoisotopic (exact) mass is 320 g/mol. The predicted molar refractivity (Wildman–Crippen MR) is 84.3 cm³/mol. The molecule has 1 aromatic carbocycles. The fourth-order valence-electron chi connectivity index (χ4n) is 2.22. The van der Waals surface area contributed by atoms with Crippen molar-refractivity contribution in [2.45, 2.75) is 13.0 Å². The van der Waals surface area contributed by atoms with Gasteiger partial charge in [0.1, 0.15) is 6.61 Å². The SMILES string of the molecule is C=CCOC(=O)C1=C(C)N(C)C(=O)NC1c1ccc(Cl)cc1. The number of hydrogen-bond acceptors (Lipinski definition) is 3. The first-order valence-corrected chi connectivity index (χ1v) is 7.12. The van der Waals surface area contributed by atoms with Crippen LogP contribution in [-0.4, -0.2) is 30.6 Å². The molecule has 0 fully saturated rings. The molecule has 0 aromatic heterocycles. The van der Waals surface area contributed by atoms with E-state index in [2.05, 4.69) is 11.9 Å². The highest BCUT2D eigenvalue weighted by molar-refractivity contribution is 6.30. The third kappa shape index (κ3) is 3.14. The number of nitrogens with zero attached hydrogens (tertiary/aromatic N) is 1. The number of carbonyl (C=O) groups excluding carboxylic acids is 2. The number of ether oxygens (including phenoxy) is 1. The fourth-order valence-corrected chi connectivity index (χ4v) is 2.34. The molecule has 2 rings (SSSR count). The van der Waals surface area contributed by atoms with Crippen LogP contribution in [0.2, 0.25) is 5.02 Å². The fraction of sp³-hybridized carbons (Fsp3) is 0.250. The number of carbonyl (C=O) groups is 2. The van der Waals surface area contributed by atoms with Gasteiger partial charge in [-0.1, -0.05) is 36.4 Å². The number of urea groups is 1. The van der Waals surface area contributed by atoms with Crippen molar-refractivity contribution in [2.24, 2.45) is 0 Å². The molecule has 0 spiro atoms. The molecule has 116 valence electrons. The first-order chi connectivity index (χ1) is 10.5. The van der Waals surface area contributed by atoms with Crippen molar-refractivity contribution >= 4 is 23.6 Å². The van der Waals surface area contributed by atoms with Gasteiger partial charge in [0.2, 0.25) is 0 Å². The Morgan fingerprint density at radius 3 is 2.68 bits per heavy atom. The van der Waals surface area contributed by atoms with Crippen LogP contribution in [0.4, 0.5) is 4.79 Å². The molecular weight excluding hydrogens is 304 g/mol. The summed E-state index contributed by atoms with van der Waals surface area (Å²) in [5.74, 6) is -0.482. The van der Waals surface area contributed by atoms with Gasteiger partial charge >= 0.3 is 12.0 Å². The second-order valence-corrected chi connectivity index (χ2v) is 5.32. The van der Waals surface area contributed by atoms with Crippen molar-refractivity contribution in [3.63, 3.8) is 0 Å². The summed E-state index contributed by atoms with van der Waals surface area (Å²) in [6, 6.07) is 6.11. The molecule has 0 saturated carbocycles. The average molecular weight is 321 g/mol. The van der Waals surface area contributed by atoms with Gasteiger partial charge in [0.15, 0.2) is 0 Å². The van der Waals surface area contributed by atoms with Crippen LogP contribution in [-0.2, 0) is 9.53 Å². The maximum absolute atomic E-state index is 12.3. The van der Waals surface area contributed by atoms with Crippen molar-refractivity contribution in [1.29, 1.82) is 0 Å². The van der Waals surface area contributed by atoms with Crippen molar-refractivity contribution in [1.82, 2.24) is 10.2 Å². The lowest BCUT2D eigenvalue weighted by Crippen LogP contribution is -2.46. The molecule has 2 amide bonds. The molecule has 1 aromatic rings. The third-order valence-corrected chi connectivity index (χ3v) is 3.76. The van der Waals surface area contributed by atoms with E-state index in [9.17, 15) is 9.59 Å². The molecule has 5 nitrogen and oxygen atoms in total. The number of halogens is 1. The Kier molecular flexibility index (Phi) is 4.88. The number of benzene rings is 1. The Labute approximate surface area is 134 Å². The van der Waals surface area contributed by atoms with Crippen molar-refractivity contribution < 1.29 is 14.3 Å². The van der Waals surface area contributed by atoms with Crippen LogP contribution in [0.1, 0.15) is 18.5 Å². The van der Waals surface area contributed by atoms with Crippen LogP contribution in [0.15, 0.2) is 48.2 Å². The highest BCUT2D eigenvalue weighted by Crippen LogP contribution is 2.31. The van der Waals surface area contributed by atoms with E-state index in [1.165, 1.54) is 11.0 Å². The zero-order valence-corrected chi connectivity index (χ0v) is 13.2. The lowest BCUT2D eigenvalue weighted by molar-refractivity contribution is -0.138. The molecule has 1 unspecified atom stereocenters. The lowest BCUT2D eigenvalue weighted by Gasteiger charge is -2.33. The first-order valence-electron chi connectivity index (χ1n) is 6.74. The maximum Gasteiger partial charge on any atom is 0.338 e. The summed E-state index contributed by atoms with van der Waals surface area (Å²) in [5, 5.41) is 3.38. The molecular formula is C16H17ClN2O3. The van der Waals surface area contributed by atoms with Crippen molar-refractivity contribution in [2.75, 3.05) is 13.7 Å². The molecule has 0 radical (unpaired) electrons. The van der Waals surface area contributed by atoms with Gasteiger partial charge in [-0.05, 0) is 24.6 Å². The Morgan fingerprint density at radius 2 is 2.09 bits per heavy atom. The summed E-state index contributed by atoms with van der Waals surface area (Å²) < 4.78 is 5.14. The number of nitrogens with one attached hydrogen (secondary N) is 1. The Hall–Kier alpha value is -2.27. The molecule has 0 saturated heterocycles. The number of hydrogen-bond donors (Lipinski definition) is 1. The summed E-state index contributed by atoms with van der Waals surface area (Å²) in [7, 11) is 1.60. The molecule has 6 heteroatoms. The Bertz CT molecular complexity index is 637. The summed E-state index contributed by atoms with van der Waals surface area (Å²) in [6.07, 6.45) is 1.50.